The maximum absolute atomic E-state index is 12.9. The Morgan fingerprint density at radius 1 is 1.43 bits per heavy atom. The van der Waals surface area contributed by atoms with E-state index >= 15 is 0 Å². The summed E-state index contributed by atoms with van der Waals surface area (Å²) in [5.74, 6) is 6.07. The molecule has 1 aliphatic rings. The second kappa shape index (κ2) is 8.52. The number of pyridine rings is 2. The number of nitrogen functional groups attached to an aromatic ring is 1. The molecule has 0 radical (unpaired) electrons. The smallest absolute Gasteiger partial charge is 0.275 e. The number of aryl methyl sites for hydroxylation is 1. The third-order valence-corrected chi connectivity index (χ3v) is 7.68. The van der Waals surface area contributed by atoms with Gasteiger partial charge in [0.1, 0.15) is 5.69 Å². The van der Waals surface area contributed by atoms with Gasteiger partial charge in [0, 0.05) is 27.9 Å². The van der Waals surface area contributed by atoms with Crippen molar-refractivity contribution in [2.24, 2.45) is 5.92 Å². The minimum atomic E-state index is -0.239. The van der Waals surface area contributed by atoms with Crippen molar-refractivity contribution in [3.8, 4) is 0 Å². The lowest BCUT2D eigenvalue weighted by atomic mass is 9.87. The zero-order valence-electron chi connectivity index (χ0n) is 17.4. The Balaban J connectivity index is 1.43. The number of fused-ring (bicyclic) bond motifs is 1. The van der Waals surface area contributed by atoms with Crippen molar-refractivity contribution in [3.63, 3.8) is 0 Å². The molecule has 30 heavy (non-hydrogen) atoms. The minimum absolute atomic E-state index is 0.158. The van der Waals surface area contributed by atoms with E-state index in [0.717, 1.165) is 44.6 Å². The number of aromatic nitrogens is 3. The first-order chi connectivity index (χ1) is 14.4. The average molecular weight is 424 g/mol. The monoisotopic (exact) mass is 423 g/mol. The highest BCUT2D eigenvalue weighted by Crippen LogP contribution is 2.37. The van der Waals surface area contributed by atoms with Crippen LogP contribution in [-0.4, -0.2) is 26.2 Å². The van der Waals surface area contributed by atoms with Crippen LogP contribution >= 0.6 is 10.5 Å². The number of nitrogens with one attached hydrogen (secondary N) is 2. The fourth-order valence-electron chi connectivity index (χ4n) is 3.78. The highest BCUT2D eigenvalue weighted by atomic mass is 32.2. The molecule has 0 aromatic carbocycles. The van der Waals surface area contributed by atoms with Crippen molar-refractivity contribution >= 4 is 32.9 Å². The molecule has 0 bridgehead atoms. The summed E-state index contributed by atoms with van der Waals surface area (Å²) < 4.78 is 1.68. The second-order valence-corrected chi connectivity index (χ2v) is 9.87. The van der Waals surface area contributed by atoms with E-state index in [2.05, 4.69) is 27.7 Å². The predicted molar refractivity (Wildman–Crippen MR) is 127 cm³/mol. The lowest BCUT2D eigenvalue weighted by Gasteiger charge is -2.27. The van der Waals surface area contributed by atoms with Crippen LogP contribution in [0, 0.1) is 12.8 Å². The number of allylic oxidation sites excluding steroid dienone is 1. The quantitative estimate of drug-likeness (QED) is 0.481. The summed E-state index contributed by atoms with van der Waals surface area (Å²) in [7, 11) is -0.239. The maximum atomic E-state index is 12.9. The summed E-state index contributed by atoms with van der Waals surface area (Å²) in [5, 5.41) is 4.40. The van der Waals surface area contributed by atoms with Crippen LogP contribution in [0.5, 0.6) is 0 Å². The number of anilines is 1. The number of rotatable bonds is 8. The molecule has 1 atom stereocenters. The van der Waals surface area contributed by atoms with Crippen molar-refractivity contribution in [2.45, 2.75) is 44.2 Å². The molecule has 1 saturated carbocycles. The normalized spacial score (nSPS) is 15.1. The Labute approximate surface area is 179 Å². The van der Waals surface area contributed by atoms with Gasteiger partial charge in [-0.1, -0.05) is 18.9 Å². The van der Waals surface area contributed by atoms with E-state index in [1.54, 1.807) is 4.57 Å². The molecular formula is C23H29N5OS. The summed E-state index contributed by atoms with van der Waals surface area (Å²) in [4.78, 5) is 21.4. The average Bonchev–Trinajstić information content (AvgIpc) is 3.17. The molecular weight excluding hydrogens is 394 g/mol. The molecule has 4 N–H and O–H groups in total. The van der Waals surface area contributed by atoms with Crippen LogP contribution in [0.3, 0.4) is 0 Å². The fraction of sp³-hybridized carbons (Fsp3) is 0.348. The van der Waals surface area contributed by atoms with Crippen molar-refractivity contribution < 1.29 is 0 Å². The summed E-state index contributed by atoms with van der Waals surface area (Å²) in [6.07, 6.45) is 7.57. The third-order valence-electron chi connectivity index (χ3n) is 5.84. The first kappa shape index (κ1) is 20.5. The van der Waals surface area contributed by atoms with Crippen molar-refractivity contribution in [1.82, 2.24) is 19.9 Å². The Kier molecular flexibility index (Phi) is 5.81. The van der Waals surface area contributed by atoms with E-state index in [1.807, 2.05) is 37.5 Å². The Morgan fingerprint density at radius 3 is 2.97 bits per heavy atom. The maximum Gasteiger partial charge on any atom is 0.275 e. The van der Waals surface area contributed by atoms with Gasteiger partial charge in [-0.2, -0.15) is 10.5 Å². The van der Waals surface area contributed by atoms with E-state index in [-0.39, 0.29) is 16.0 Å². The number of H-pyrrole nitrogens is 1. The summed E-state index contributed by atoms with van der Waals surface area (Å²) in [5.41, 5.74) is 9.96. The number of nitrogens with two attached hydrogens (primary N) is 1. The Bertz CT molecular complexity index is 1170. The first-order valence-corrected chi connectivity index (χ1v) is 11.8. The van der Waals surface area contributed by atoms with Crippen LogP contribution in [0.25, 0.3) is 10.9 Å². The van der Waals surface area contributed by atoms with E-state index in [0.29, 0.717) is 18.8 Å². The van der Waals surface area contributed by atoms with Crippen LogP contribution < -0.4 is 16.6 Å². The van der Waals surface area contributed by atoms with E-state index in [1.165, 1.54) is 19.3 Å². The molecule has 0 spiro atoms. The molecule has 1 aliphatic carbocycles. The van der Waals surface area contributed by atoms with Gasteiger partial charge in [0.25, 0.3) is 5.56 Å². The van der Waals surface area contributed by atoms with Gasteiger partial charge in [-0.05, 0) is 49.6 Å². The molecule has 158 valence electrons. The summed E-state index contributed by atoms with van der Waals surface area (Å²) in [6.45, 7) is 6.95. The molecule has 6 nitrogen and oxygen atoms in total. The fourth-order valence-corrected chi connectivity index (χ4v) is 5.60. The lowest BCUT2D eigenvalue weighted by molar-refractivity contribution is 0.353. The Morgan fingerprint density at radius 2 is 2.23 bits per heavy atom. The van der Waals surface area contributed by atoms with Gasteiger partial charge in [0.05, 0.1) is 30.5 Å². The third kappa shape index (κ3) is 4.21. The van der Waals surface area contributed by atoms with Gasteiger partial charge < -0.3 is 20.6 Å². The van der Waals surface area contributed by atoms with Crippen molar-refractivity contribution in [2.75, 3.05) is 11.5 Å². The van der Waals surface area contributed by atoms with E-state index < -0.39 is 0 Å². The molecule has 1 fully saturated rings. The van der Waals surface area contributed by atoms with Gasteiger partial charge in [-0.3, -0.25) is 9.78 Å². The molecule has 3 heterocycles. The van der Waals surface area contributed by atoms with Gasteiger partial charge >= 0.3 is 0 Å². The molecule has 4 rings (SSSR count). The molecule has 1 unspecified atom stereocenters. The standard InChI is InChI=1S/C23H29N5OS/c1-15(26-11-19-10-18-7-8-25-20(18)12-27-19)13-28-16(2)9-21(22(24)23(28)29)30(3)14-17-5-4-6-17/h7-10,12,17,25-26H,1,3-6,11,13-14,24H2,2H3. The number of aromatic amines is 1. The molecule has 7 heteroatoms. The van der Waals surface area contributed by atoms with E-state index in [9.17, 15) is 4.79 Å². The van der Waals surface area contributed by atoms with Crippen LogP contribution in [0.15, 0.2) is 52.6 Å². The van der Waals surface area contributed by atoms with Gasteiger partial charge in [0.15, 0.2) is 0 Å². The lowest BCUT2D eigenvalue weighted by Crippen LogP contribution is -2.29. The topological polar surface area (TPSA) is 88.7 Å². The van der Waals surface area contributed by atoms with Crippen LogP contribution in [0.4, 0.5) is 5.69 Å². The van der Waals surface area contributed by atoms with Crippen LogP contribution in [0.2, 0.25) is 0 Å². The summed E-state index contributed by atoms with van der Waals surface area (Å²) in [6, 6.07) is 6.08. The minimum Gasteiger partial charge on any atom is -0.393 e. The first-order valence-electron chi connectivity index (χ1n) is 10.3. The van der Waals surface area contributed by atoms with Crippen LogP contribution in [0.1, 0.15) is 30.7 Å². The highest BCUT2D eigenvalue weighted by Gasteiger charge is 2.20. The largest absolute Gasteiger partial charge is 0.393 e. The SMILES string of the molecule is C=C(Cn1c(C)cc(S(=C)CC2CCC2)c(N)c1=O)NCc1cc2cc[nH]c2cn1. The van der Waals surface area contributed by atoms with Crippen molar-refractivity contribution in [3.05, 3.63) is 64.6 Å². The molecule has 0 aliphatic heterocycles. The van der Waals surface area contributed by atoms with Crippen molar-refractivity contribution in [1.29, 1.82) is 0 Å². The van der Waals surface area contributed by atoms with Gasteiger partial charge in [-0.15, -0.1) is 0 Å². The van der Waals surface area contributed by atoms with Crippen LogP contribution in [-0.2, 0) is 13.1 Å². The van der Waals surface area contributed by atoms with Gasteiger partial charge in [-0.25, -0.2) is 0 Å². The predicted octanol–water partition coefficient (Wildman–Crippen LogP) is 3.78. The zero-order valence-corrected chi connectivity index (χ0v) is 18.2. The number of nitrogens with zero attached hydrogens (tertiary/aromatic N) is 2. The molecule has 0 saturated heterocycles. The summed E-state index contributed by atoms with van der Waals surface area (Å²) >= 11 is 0. The molecule has 3 aromatic rings. The Hall–Kier alpha value is -2.80. The molecule has 0 amide bonds. The number of hydrogen-bond acceptors (Lipinski definition) is 4. The molecule has 3 aromatic heterocycles. The van der Waals surface area contributed by atoms with Gasteiger partial charge in [0.2, 0.25) is 0 Å². The zero-order chi connectivity index (χ0) is 21.3. The second-order valence-electron chi connectivity index (χ2n) is 8.11. The number of hydrogen-bond donors (Lipinski definition) is 3. The van der Waals surface area contributed by atoms with E-state index in [4.69, 9.17) is 5.73 Å². The highest BCUT2D eigenvalue weighted by molar-refractivity contribution is 8.14.